The lowest BCUT2D eigenvalue weighted by Crippen LogP contribution is -2.35. The molecule has 2 nitrogen and oxygen atoms in total. The van der Waals surface area contributed by atoms with Gasteiger partial charge < -0.3 is 9.13 Å². The van der Waals surface area contributed by atoms with Crippen LogP contribution in [0.2, 0.25) is 0 Å². The molecule has 59 heavy (non-hydrogen) atoms. The SMILES string of the molecule is c1ccc2c(c1)c1ccccc1c1cc(-n3c4ccccc4c4cc(-c5ccc6c(c5)c5ccccc5n6-c5ccc6c(c5)C5CC57CC5CC6C[C@@H]57)ccc43)ccc21. The van der Waals surface area contributed by atoms with Gasteiger partial charge >= 0.3 is 0 Å². The molecule has 0 saturated heterocycles. The number of hydrogen-bond donors (Lipinski definition) is 0. The van der Waals surface area contributed by atoms with Crippen LogP contribution in [-0.2, 0) is 0 Å². The van der Waals surface area contributed by atoms with Crippen molar-refractivity contribution in [2.24, 2.45) is 17.3 Å². The van der Waals surface area contributed by atoms with Crippen LogP contribution in [0.25, 0.3) is 98.4 Å². The summed E-state index contributed by atoms with van der Waals surface area (Å²) in [6.45, 7) is 0. The third-order valence-electron chi connectivity index (χ3n) is 16.0. The van der Waals surface area contributed by atoms with Crippen molar-refractivity contribution in [3.05, 3.63) is 181 Å². The van der Waals surface area contributed by atoms with Crippen LogP contribution in [0.1, 0.15) is 48.6 Å². The summed E-state index contributed by atoms with van der Waals surface area (Å²) in [5, 5.41) is 13.0. The van der Waals surface area contributed by atoms with E-state index >= 15 is 0 Å². The van der Waals surface area contributed by atoms with Crippen molar-refractivity contribution < 1.29 is 0 Å². The highest BCUT2D eigenvalue weighted by Gasteiger charge is 2.71. The highest BCUT2D eigenvalue weighted by molar-refractivity contribution is 6.25. The first-order valence-corrected chi connectivity index (χ1v) is 21.7. The molecule has 2 heteroatoms. The lowest BCUT2D eigenvalue weighted by atomic mass is 9.62. The van der Waals surface area contributed by atoms with E-state index in [0.29, 0.717) is 5.41 Å². The molecule has 9 aromatic carbocycles. The van der Waals surface area contributed by atoms with E-state index in [-0.39, 0.29) is 0 Å². The Hall–Kier alpha value is -6.64. The minimum atomic E-state index is 0.645. The molecule has 0 aliphatic heterocycles. The largest absolute Gasteiger partial charge is 0.309 e. The van der Waals surface area contributed by atoms with E-state index in [1.54, 1.807) is 11.1 Å². The van der Waals surface area contributed by atoms with Gasteiger partial charge in [-0.3, -0.25) is 0 Å². The molecule has 3 saturated carbocycles. The standard InChI is InChI=1S/C57H40N2/c1-2-11-42-40(9-1)41-10-3-4-12-43(41)47-29-37(20-22-44(42)47)58-53-15-7-5-13-45(53)49-26-33(17-23-55(49)58)34-18-24-56-50(27-34)46-14-6-8-16-54(46)59(56)38-19-21-39-35-25-36-31-57(51(36)28-35)32-52(57)48(39)30-38/h1-24,26-27,29-30,35-36,51-52H,25,28,31-32H2/t35?,36?,51-,52?,57?/m0/s1. The Kier molecular flexibility index (Phi) is 5.79. The number of hydrogen-bond acceptors (Lipinski definition) is 0. The molecule has 11 aromatic rings. The van der Waals surface area contributed by atoms with Crippen LogP contribution in [0.5, 0.6) is 0 Å². The summed E-state index contributed by atoms with van der Waals surface area (Å²) in [4.78, 5) is 0. The Morgan fingerprint density at radius 1 is 0.373 bits per heavy atom. The minimum Gasteiger partial charge on any atom is -0.309 e. The molecule has 15 rings (SSSR count). The number of rotatable bonds is 3. The van der Waals surface area contributed by atoms with Crippen molar-refractivity contribution >= 4 is 75.9 Å². The lowest BCUT2D eigenvalue weighted by Gasteiger charge is -2.43. The number of para-hydroxylation sites is 2. The molecule has 2 aromatic heterocycles. The van der Waals surface area contributed by atoms with Gasteiger partial charge in [-0.2, -0.15) is 0 Å². The normalized spacial score (nSPS) is 22.7. The maximum atomic E-state index is 2.60. The summed E-state index contributed by atoms with van der Waals surface area (Å²) < 4.78 is 5.01. The van der Waals surface area contributed by atoms with Gasteiger partial charge in [0.1, 0.15) is 0 Å². The molecular weight excluding hydrogens is 713 g/mol. The Bertz CT molecular complexity index is 3640. The zero-order valence-corrected chi connectivity index (χ0v) is 32.7. The molecule has 4 aliphatic carbocycles. The summed E-state index contributed by atoms with van der Waals surface area (Å²) in [5.74, 6) is 3.57. The Balaban J connectivity index is 0.885. The lowest BCUT2D eigenvalue weighted by molar-refractivity contribution is 0.0724. The van der Waals surface area contributed by atoms with Gasteiger partial charge in [0, 0.05) is 32.9 Å². The highest BCUT2D eigenvalue weighted by Crippen LogP contribution is 2.82. The van der Waals surface area contributed by atoms with E-state index < -0.39 is 0 Å². The predicted molar refractivity (Wildman–Crippen MR) is 246 cm³/mol. The maximum absolute atomic E-state index is 2.60. The summed E-state index contributed by atoms with van der Waals surface area (Å²) in [6, 6.07) is 64.6. The number of benzene rings is 9. The van der Waals surface area contributed by atoms with Gasteiger partial charge in [-0.15, -0.1) is 0 Å². The van der Waals surface area contributed by atoms with Crippen LogP contribution in [0.4, 0.5) is 0 Å². The predicted octanol–water partition coefficient (Wildman–Crippen LogP) is 15.0. The summed E-state index contributed by atoms with van der Waals surface area (Å²) in [6.07, 6.45) is 5.78. The number of fused-ring (bicyclic) bond motifs is 16. The third-order valence-corrected chi connectivity index (χ3v) is 16.0. The van der Waals surface area contributed by atoms with E-state index in [4.69, 9.17) is 0 Å². The van der Waals surface area contributed by atoms with Crippen molar-refractivity contribution in [1.82, 2.24) is 9.13 Å². The van der Waals surface area contributed by atoms with Crippen molar-refractivity contribution in [2.75, 3.05) is 0 Å². The van der Waals surface area contributed by atoms with E-state index in [9.17, 15) is 0 Å². The molecule has 4 aliphatic rings. The molecule has 0 N–H and O–H groups in total. The van der Waals surface area contributed by atoms with Crippen LogP contribution >= 0.6 is 0 Å². The minimum absolute atomic E-state index is 0.645. The monoisotopic (exact) mass is 752 g/mol. The quantitative estimate of drug-likeness (QED) is 0.159. The fourth-order valence-corrected chi connectivity index (χ4v) is 13.4. The topological polar surface area (TPSA) is 9.86 Å². The summed E-state index contributed by atoms with van der Waals surface area (Å²) in [7, 11) is 0. The van der Waals surface area contributed by atoms with Crippen molar-refractivity contribution in [3.63, 3.8) is 0 Å². The average Bonchev–Trinajstić information content (AvgIpc) is 3.64. The number of nitrogens with zero attached hydrogens (tertiary/aromatic N) is 2. The van der Waals surface area contributed by atoms with Crippen molar-refractivity contribution in [2.45, 2.75) is 37.5 Å². The second-order valence-corrected chi connectivity index (χ2v) is 18.5. The first-order chi connectivity index (χ1) is 29.2. The van der Waals surface area contributed by atoms with E-state index in [0.717, 1.165) is 23.7 Å². The van der Waals surface area contributed by atoms with Gasteiger partial charge in [0.2, 0.25) is 0 Å². The third kappa shape index (κ3) is 3.98. The maximum Gasteiger partial charge on any atom is 0.0541 e. The zero-order valence-electron chi connectivity index (χ0n) is 32.7. The van der Waals surface area contributed by atoms with Crippen molar-refractivity contribution in [1.29, 1.82) is 0 Å². The zero-order chi connectivity index (χ0) is 38.1. The molecule has 0 radical (unpaired) electrons. The molecule has 278 valence electrons. The number of aromatic nitrogens is 2. The van der Waals surface area contributed by atoms with Gasteiger partial charge in [-0.05, 0) is 170 Å². The molecule has 2 heterocycles. The Labute approximate surface area is 341 Å². The van der Waals surface area contributed by atoms with E-state index in [2.05, 4.69) is 179 Å². The molecule has 2 bridgehead atoms. The highest BCUT2D eigenvalue weighted by atomic mass is 15.0. The summed E-state index contributed by atoms with van der Waals surface area (Å²) >= 11 is 0. The van der Waals surface area contributed by atoms with Crippen LogP contribution in [0.3, 0.4) is 0 Å². The fraction of sp³-hybridized carbons (Fsp3) is 0.158. The molecule has 3 fully saturated rings. The van der Waals surface area contributed by atoms with Gasteiger partial charge in [0.15, 0.2) is 0 Å². The van der Waals surface area contributed by atoms with Gasteiger partial charge in [0.05, 0.1) is 22.1 Å². The Morgan fingerprint density at radius 2 is 0.881 bits per heavy atom. The second kappa shape index (κ2) is 10.9. The van der Waals surface area contributed by atoms with E-state index in [1.807, 2.05) is 0 Å². The van der Waals surface area contributed by atoms with E-state index in [1.165, 1.54) is 124 Å². The molecule has 5 atom stereocenters. The van der Waals surface area contributed by atoms with Crippen LogP contribution in [0, 0.1) is 17.3 Å². The first-order valence-electron chi connectivity index (χ1n) is 21.7. The molecule has 1 spiro atoms. The van der Waals surface area contributed by atoms with Crippen molar-refractivity contribution in [3.8, 4) is 22.5 Å². The molecule has 0 amide bonds. The summed E-state index contributed by atoms with van der Waals surface area (Å²) in [5.41, 5.74) is 14.0. The fourth-order valence-electron chi connectivity index (χ4n) is 13.4. The second-order valence-electron chi connectivity index (χ2n) is 18.5. The van der Waals surface area contributed by atoms with Crippen LogP contribution < -0.4 is 0 Å². The molecule has 4 unspecified atom stereocenters. The van der Waals surface area contributed by atoms with Gasteiger partial charge in [0.25, 0.3) is 0 Å². The van der Waals surface area contributed by atoms with Crippen LogP contribution in [0.15, 0.2) is 170 Å². The smallest absolute Gasteiger partial charge is 0.0541 e. The van der Waals surface area contributed by atoms with Crippen LogP contribution in [-0.4, -0.2) is 9.13 Å². The average molecular weight is 753 g/mol. The Morgan fingerprint density at radius 3 is 1.51 bits per heavy atom. The van der Waals surface area contributed by atoms with Gasteiger partial charge in [-0.1, -0.05) is 109 Å². The molecular formula is C57H40N2. The van der Waals surface area contributed by atoms with Gasteiger partial charge in [-0.25, -0.2) is 0 Å². The first kappa shape index (κ1) is 31.4.